The monoisotopic (exact) mass is 399 g/mol. The number of benzene rings is 1. The minimum absolute atomic E-state index is 0.0240. The van der Waals surface area contributed by atoms with E-state index in [9.17, 15) is 9.59 Å². The van der Waals surface area contributed by atoms with Gasteiger partial charge in [0.25, 0.3) is 0 Å². The van der Waals surface area contributed by atoms with Gasteiger partial charge in [-0.3, -0.25) is 4.79 Å². The molecule has 1 saturated carbocycles. The fraction of sp³-hybridized carbons (Fsp3) is 0.652. The van der Waals surface area contributed by atoms with E-state index in [1.807, 2.05) is 28.0 Å². The number of ether oxygens (including phenoxy) is 1. The predicted molar refractivity (Wildman–Crippen MR) is 112 cm³/mol. The molecule has 1 N–H and O–H groups in total. The molecule has 0 bridgehead atoms. The molecule has 0 spiro atoms. The number of nitrogens with zero attached hydrogens (tertiary/aromatic N) is 2. The van der Waals surface area contributed by atoms with Crippen LogP contribution in [0.3, 0.4) is 0 Å². The Kier molecular flexibility index (Phi) is 6.26. The number of piperidine rings is 1. The van der Waals surface area contributed by atoms with Crippen molar-refractivity contribution in [2.75, 3.05) is 26.7 Å². The van der Waals surface area contributed by atoms with Crippen LogP contribution in [0, 0.1) is 5.92 Å². The molecular formula is C23H33N3O3. The number of urea groups is 1. The highest BCUT2D eigenvalue weighted by molar-refractivity contribution is 5.79. The van der Waals surface area contributed by atoms with Crippen molar-refractivity contribution in [3.8, 4) is 5.75 Å². The summed E-state index contributed by atoms with van der Waals surface area (Å²) in [4.78, 5) is 29.6. The van der Waals surface area contributed by atoms with E-state index in [1.165, 1.54) is 12.8 Å². The van der Waals surface area contributed by atoms with E-state index >= 15 is 0 Å². The third-order valence-electron chi connectivity index (χ3n) is 6.83. The van der Waals surface area contributed by atoms with Gasteiger partial charge >= 0.3 is 6.03 Å². The molecule has 1 aromatic carbocycles. The minimum Gasteiger partial charge on any atom is -0.497 e. The quantitative estimate of drug-likeness (QED) is 0.839. The molecule has 2 heterocycles. The van der Waals surface area contributed by atoms with Crippen LogP contribution in [-0.4, -0.2) is 54.5 Å². The maximum atomic E-state index is 13.0. The maximum absolute atomic E-state index is 13.0. The summed E-state index contributed by atoms with van der Waals surface area (Å²) >= 11 is 0. The van der Waals surface area contributed by atoms with Crippen molar-refractivity contribution in [1.82, 2.24) is 15.1 Å². The van der Waals surface area contributed by atoms with Gasteiger partial charge in [-0.15, -0.1) is 0 Å². The molecule has 3 amide bonds. The molecule has 2 saturated heterocycles. The summed E-state index contributed by atoms with van der Waals surface area (Å²) in [5, 5.41) is 3.24. The number of carbonyl (C=O) groups is 2. The highest BCUT2D eigenvalue weighted by Gasteiger charge is 2.33. The van der Waals surface area contributed by atoms with E-state index in [2.05, 4.69) is 11.4 Å². The zero-order valence-electron chi connectivity index (χ0n) is 17.4. The van der Waals surface area contributed by atoms with Crippen molar-refractivity contribution in [2.45, 2.75) is 63.5 Å². The van der Waals surface area contributed by atoms with Crippen LogP contribution in [0.2, 0.25) is 0 Å². The summed E-state index contributed by atoms with van der Waals surface area (Å²) in [6, 6.07) is 8.31. The summed E-state index contributed by atoms with van der Waals surface area (Å²) in [5.41, 5.74) is 1.13. The zero-order valence-corrected chi connectivity index (χ0v) is 17.4. The first-order chi connectivity index (χ1) is 14.2. The number of amides is 3. The third kappa shape index (κ3) is 4.51. The van der Waals surface area contributed by atoms with Crippen molar-refractivity contribution >= 4 is 11.9 Å². The normalized spacial score (nSPS) is 23.4. The van der Waals surface area contributed by atoms with Gasteiger partial charge in [0, 0.05) is 31.6 Å². The van der Waals surface area contributed by atoms with Crippen LogP contribution >= 0.6 is 0 Å². The van der Waals surface area contributed by atoms with Gasteiger partial charge in [0.05, 0.1) is 13.2 Å². The summed E-state index contributed by atoms with van der Waals surface area (Å²) in [6.07, 6.45) is 8.18. The molecule has 6 heteroatoms. The number of methoxy groups -OCH3 is 1. The van der Waals surface area contributed by atoms with Crippen molar-refractivity contribution in [3.05, 3.63) is 29.8 Å². The summed E-state index contributed by atoms with van der Waals surface area (Å²) < 4.78 is 5.35. The highest BCUT2D eigenvalue weighted by Crippen LogP contribution is 2.33. The van der Waals surface area contributed by atoms with E-state index in [4.69, 9.17) is 4.74 Å². The Morgan fingerprint density at radius 3 is 2.48 bits per heavy atom. The lowest BCUT2D eigenvalue weighted by Gasteiger charge is -2.35. The molecule has 1 aliphatic carbocycles. The minimum atomic E-state index is 0.0240. The van der Waals surface area contributed by atoms with Gasteiger partial charge in [-0.25, -0.2) is 4.79 Å². The molecule has 29 heavy (non-hydrogen) atoms. The summed E-state index contributed by atoms with van der Waals surface area (Å²) in [6.45, 7) is 2.31. The second-order valence-corrected chi connectivity index (χ2v) is 8.66. The number of likely N-dealkylation sites (tertiary alicyclic amines) is 2. The summed E-state index contributed by atoms with van der Waals surface area (Å²) in [7, 11) is 1.67. The molecule has 1 atom stereocenters. The Balaban J connectivity index is 1.30. The van der Waals surface area contributed by atoms with Gasteiger partial charge in [0.2, 0.25) is 5.91 Å². The first kappa shape index (κ1) is 20.0. The van der Waals surface area contributed by atoms with Crippen LogP contribution < -0.4 is 10.1 Å². The lowest BCUT2D eigenvalue weighted by atomic mass is 10.0. The number of hydrogen-bond donors (Lipinski definition) is 1. The van der Waals surface area contributed by atoms with Crippen molar-refractivity contribution in [1.29, 1.82) is 0 Å². The van der Waals surface area contributed by atoms with Gasteiger partial charge in [-0.1, -0.05) is 25.0 Å². The third-order valence-corrected chi connectivity index (χ3v) is 6.83. The lowest BCUT2D eigenvalue weighted by molar-refractivity contribution is -0.136. The van der Waals surface area contributed by atoms with Crippen LogP contribution in [0.25, 0.3) is 0 Å². The van der Waals surface area contributed by atoms with Gasteiger partial charge in [-0.05, 0) is 56.2 Å². The van der Waals surface area contributed by atoms with E-state index in [0.717, 1.165) is 69.5 Å². The number of nitrogens with one attached hydrogen (secondary N) is 1. The Bertz CT molecular complexity index is 724. The molecule has 1 aromatic rings. The topological polar surface area (TPSA) is 61.9 Å². The zero-order chi connectivity index (χ0) is 20.2. The number of carbonyl (C=O) groups excluding carboxylic acids is 2. The Hall–Kier alpha value is -2.24. The molecular weight excluding hydrogens is 366 g/mol. The Morgan fingerprint density at radius 2 is 1.76 bits per heavy atom. The van der Waals surface area contributed by atoms with Crippen molar-refractivity contribution < 1.29 is 14.3 Å². The average Bonchev–Trinajstić information content (AvgIpc) is 3.46. The van der Waals surface area contributed by atoms with Crippen LogP contribution in [0.4, 0.5) is 4.79 Å². The molecule has 4 rings (SSSR count). The van der Waals surface area contributed by atoms with Crippen LogP contribution in [-0.2, 0) is 4.79 Å². The molecule has 3 aliphatic rings. The maximum Gasteiger partial charge on any atom is 0.318 e. The largest absolute Gasteiger partial charge is 0.497 e. The molecule has 0 unspecified atom stereocenters. The fourth-order valence-corrected chi connectivity index (χ4v) is 5.14. The van der Waals surface area contributed by atoms with E-state index in [-0.39, 0.29) is 24.0 Å². The van der Waals surface area contributed by atoms with Crippen molar-refractivity contribution in [2.24, 2.45) is 5.92 Å². The average molecular weight is 400 g/mol. The lowest BCUT2D eigenvalue weighted by Crippen LogP contribution is -2.50. The van der Waals surface area contributed by atoms with Gasteiger partial charge in [-0.2, -0.15) is 0 Å². The van der Waals surface area contributed by atoms with E-state index in [0.29, 0.717) is 5.91 Å². The molecule has 158 valence electrons. The standard InChI is InChI=1S/C23H33N3O3/c1-29-20-9-4-8-18(16-20)21-10-5-13-26(21)23(28)24-19-11-14-25(15-12-19)22(27)17-6-2-3-7-17/h4,8-9,16-17,19,21H,2-3,5-7,10-15H2,1H3,(H,24,28)/t21-/m1/s1. The molecule has 3 fully saturated rings. The number of hydrogen-bond acceptors (Lipinski definition) is 3. The number of rotatable bonds is 4. The molecule has 0 aromatic heterocycles. The van der Waals surface area contributed by atoms with Gasteiger partial charge in [0.1, 0.15) is 5.75 Å². The smallest absolute Gasteiger partial charge is 0.318 e. The Morgan fingerprint density at radius 1 is 1.00 bits per heavy atom. The molecule has 2 aliphatic heterocycles. The second-order valence-electron chi connectivity index (χ2n) is 8.66. The highest BCUT2D eigenvalue weighted by atomic mass is 16.5. The van der Waals surface area contributed by atoms with E-state index < -0.39 is 0 Å². The van der Waals surface area contributed by atoms with Crippen LogP contribution in [0.5, 0.6) is 5.75 Å². The van der Waals surface area contributed by atoms with Crippen LogP contribution in [0.1, 0.15) is 63.0 Å². The SMILES string of the molecule is COc1cccc([C@H]2CCCN2C(=O)NC2CCN(C(=O)C3CCCC3)CC2)c1. The van der Waals surface area contributed by atoms with E-state index in [1.54, 1.807) is 7.11 Å². The first-order valence-electron chi connectivity index (χ1n) is 11.2. The van der Waals surface area contributed by atoms with Crippen molar-refractivity contribution in [3.63, 3.8) is 0 Å². The van der Waals surface area contributed by atoms with Gasteiger partial charge in [0.15, 0.2) is 0 Å². The fourth-order valence-electron chi connectivity index (χ4n) is 5.14. The predicted octanol–water partition coefficient (Wildman–Crippen LogP) is 3.72. The Labute approximate surface area is 173 Å². The van der Waals surface area contributed by atoms with Crippen LogP contribution in [0.15, 0.2) is 24.3 Å². The molecule has 0 radical (unpaired) electrons. The first-order valence-corrected chi connectivity index (χ1v) is 11.2. The second kappa shape index (κ2) is 9.06. The summed E-state index contributed by atoms with van der Waals surface area (Å²) in [5.74, 6) is 1.41. The molecule has 6 nitrogen and oxygen atoms in total. The van der Waals surface area contributed by atoms with Gasteiger partial charge < -0.3 is 19.9 Å².